The summed E-state index contributed by atoms with van der Waals surface area (Å²) in [7, 11) is -3.99. The Morgan fingerprint density at radius 1 is 1.17 bits per heavy atom. The molecule has 0 spiro atoms. The van der Waals surface area contributed by atoms with Crippen LogP contribution in [-0.2, 0) is 14.8 Å². The van der Waals surface area contributed by atoms with Crippen molar-refractivity contribution in [2.75, 3.05) is 17.8 Å². The number of nitrogens with zero attached hydrogens (tertiary/aromatic N) is 3. The van der Waals surface area contributed by atoms with Crippen molar-refractivity contribution in [2.24, 2.45) is 5.73 Å². The maximum atomic E-state index is 12.8. The molecule has 0 aliphatic carbocycles. The number of amides is 2. The molecule has 3 aromatic rings. The van der Waals surface area contributed by atoms with Crippen LogP contribution in [0.5, 0.6) is 0 Å². The van der Waals surface area contributed by atoms with Crippen molar-refractivity contribution in [3.05, 3.63) is 76.9 Å². The minimum atomic E-state index is -3.99. The lowest BCUT2D eigenvalue weighted by Gasteiger charge is -2.32. The van der Waals surface area contributed by atoms with Gasteiger partial charge in [0.25, 0.3) is 15.9 Å². The Kier molecular flexibility index (Phi) is 7.39. The molecule has 1 aromatic heterocycles. The lowest BCUT2D eigenvalue weighted by Crippen LogP contribution is -2.40. The number of rotatable bonds is 7. The van der Waals surface area contributed by atoms with Crippen LogP contribution in [-0.4, -0.2) is 48.0 Å². The van der Waals surface area contributed by atoms with E-state index in [1.54, 1.807) is 40.0 Å². The highest BCUT2D eigenvalue weighted by atomic mass is 35.5. The molecule has 3 N–H and O–H groups in total. The number of piperidine rings is 1. The summed E-state index contributed by atoms with van der Waals surface area (Å²) in [5.41, 5.74) is 7.05. The van der Waals surface area contributed by atoms with Crippen LogP contribution in [0.4, 0.5) is 5.69 Å². The number of sulfonamides is 1. The van der Waals surface area contributed by atoms with Gasteiger partial charge in [0.1, 0.15) is 10.6 Å². The second kappa shape index (κ2) is 10.3. The number of benzene rings is 2. The average molecular weight is 548 g/mol. The van der Waals surface area contributed by atoms with Crippen molar-refractivity contribution >= 4 is 50.7 Å². The standard InChI is InChI=1S/C24H23Cl2N5O4S/c1-2-21(32)30-12-4-5-17(13-30)31-14-18(24(27)33)23(28-31)15-8-10-16(11-9-15)29-36(34,35)20-7-3-6-19(25)22(20)26/h2-3,6-11,14,17,29H,1,4-5,12-13H2,(H2,27,33)/t17-/m1/s1. The number of nitrogens with two attached hydrogens (primary N) is 1. The highest BCUT2D eigenvalue weighted by molar-refractivity contribution is 7.92. The van der Waals surface area contributed by atoms with Crippen molar-refractivity contribution in [1.29, 1.82) is 0 Å². The first-order chi connectivity index (χ1) is 17.1. The van der Waals surface area contributed by atoms with Crippen LogP contribution in [0.15, 0.2) is 66.2 Å². The third-order valence-corrected chi connectivity index (χ3v) is 8.23. The largest absolute Gasteiger partial charge is 0.365 e. The quantitative estimate of drug-likeness (QED) is 0.430. The second-order valence-corrected chi connectivity index (χ2v) is 10.7. The summed E-state index contributed by atoms with van der Waals surface area (Å²) in [5.74, 6) is -0.800. The molecule has 1 saturated heterocycles. The van der Waals surface area contributed by atoms with Gasteiger partial charge in [0, 0.05) is 30.5 Å². The maximum absolute atomic E-state index is 12.8. The first-order valence-electron chi connectivity index (χ1n) is 11.0. The number of nitrogens with one attached hydrogen (secondary N) is 1. The van der Waals surface area contributed by atoms with Crippen LogP contribution in [0.2, 0.25) is 10.0 Å². The fourth-order valence-corrected chi connectivity index (χ4v) is 5.89. The summed E-state index contributed by atoms with van der Waals surface area (Å²) in [5, 5.41) is 4.65. The number of likely N-dealkylation sites (tertiary alicyclic amines) is 1. The molecule has 1 fully saturated rings. The number of aromatic nitrogens is 2. The summed E-state index contributed by atoms with van der Waals surface area (Å²) in [4.78, 5) is 25.7. The van der Waals surface area contributed by atoms with Gasteiger partial charge in [0.15, 0.2) is 0 Å². The van der Waals surface area contributed by atoms with E-state index in [2.05, 4.69) is 16.4 Å². The fraction of sp³-hybridized carbons (Fsp3) is 0.208. The lowest BCUT2D eigenvalue weighted by molar-refractivity contribution is -0.127. The van der Waals surface area contributed by atoms with E-state index in [0.29, 0.717) is 24.3 Å². The molecule has 1 atom stereocenters. The van der Waals surface area contributed by atoms with Crippen LogP contribution in [0, 0.1) is 0 Å². The van der Waals surface area contributed by atoms with Crippen molar-refractivity contribution in [1.82, 2.24) is 14.7 Å². The Balaban J connectivity index is 1.59. The van der Waals surface area contributed by atoms with Gasteiger partial charge in [0.2, 0.25) is 5.91 Å². The third-order valence-electron chi connectivity index (χ3n) is 5.87. The van der Waals surface area contributed by atoms with Gasteiger partial charge in [-0.05, 0) is 43.2 Å². The first-order valence-corrected chi connectivity index (χ1v) is 13.2. The number of anilines is 1. The molecule has 0 radical (unpaired) electrons. The van der Waals surface area contributed by atoms with Gasteiger partial charge < -0.3 is 10.6 Å². The molecule has 36 heavy (non-hydrogen) atoms. The predicted octanol–water partition coefficient (Wildman–Crippen LogP) is 4.11. The van der Waals surface area contributed by atoms with Gasteiger partial charge in [-0.15, -0.1) is 0 Å². The molecule has 12 heteroatoms. The number of carbonyl (C=O) groups excluding carboxylic acids is 2. The molecule has 1 aliphatic heterocycles. The molecule has 4 rings (SSSR count). The molecule has 188 valence electrons. The van der Waals surface area contributed by atoms with Crippen molar-refractivity contribution in [3.63, 3.8) is 0 Å². The van der Waals surface area contributed by atoms with E-state index in [9.17, 15) is 18.0 Å². The Morgan fingerprint density at radius 3 is 2.56 bits per heavy atom. The zero-order valence-corrected chi connectivity index (χ0v) is 21.4. The molecular weight excluding hydrogens is 525 g/mol. The molecule has 0 saturated carbocycles. The van der Waals surface area contributed by atoms with Crippen molar-refractivity contribution in [2.45, 2.75) is 23.8 Å². The summed E-state index contributed by atoms with van der Waals surface area (Å²) in [6, 6.07) is 10.6. The van der Waals surface area contributed by atoms with Crippen LogP contribution in [0.1, 0.15) is 29.2 Å². The minimum Gasteiger partial charge on any atom is -0.365 e. The summed E-state index contributed by atoms with van der Waals surface area (Å²) in [6.45, 7) is 4.62. The van der Waals surface area contributed by atoms with Crippen LogP contribution >= 0.6 is 23.2 Å². The van der Waals surface area contributed by atoms with Crippen LogP contribution in [0.3, 0.4) is 0 Å². The predicted molar refractivity (Wildman–Crippen MR) is 138 cm³/mol. The molecule has 2 amide bonds. The summed E-state index contributed by atoms with van der Waals surface area (Å²) < 4.78 is 29.7. The molecule has 0 unspecified atom stereocenters. The number of halogens is 2. The summed E-state index contributed by atoms with van der Waals surface area (Å²) in [6.07, 6.45) is 4.44. The SMILES string of the molecule is C=CC(=O)N1CCC[C@@H](n2cc(C(N)=O)c(-c3ccc(NS(=O)(=O)c4cccc(Cl)c4Cl)cc3)n2)C1. The topological polar surface area (TPSA) is 127 Å². The Hall–Kier alpha value is -3.34. The van der Waals surface area contributed by atoms with E-state index in [-0.39, 0.29) is 38.1 Å². The molecule has 1 aliphatic rings. The smallest absolute Gasteiger partial charge is 0.263 e. The Labute approximate surface area is 218 Å². The lowest BCUT2D eigenvalue weighted by atomic mass is 10.1. The highest BCUT2D eigenvalue weighted by Gasteiger charge is 2.26. The van der Waals surface area contributed by atoms with Crippen LogP contribution in [0.25, 0.3) is 11.3 Å². The van der Waals surface area contributed by atoms with Gasteiger partial charge in [-0.3, -0.25) is 19.0 Å². The first kappa shape index (κ1) is 25.7. The zero-order valence-electron chi connectivity index (χ0n) is 19.0. The monoisotopic (exact) mass is 547 g/mol. The van der Waals surface area contributed by atoms with Crippen LogP contribution < -0.4 is 10.5 Å². The normalized spacial score (nSPS) is 15.9. The third kappa shape index (κ3) is 5.25. The molecule has 2 aromatic carbocycles. The van der Waals surface area contributed by atoms with Gasteiger partial charge in [-0.25, -0.2) is 8.42 Å². The van der Waals surface area contributed by atoms with E-state index in [1.165, 1.54) is 24.3 Å². The summed E-state index contributed by atoms with van der Waals surface area (Å²) >= 11 is 12.0. The maximum Gasteiger partial charge on any atom is 0.263 e. The molecule has 9 nitrogen and oxygen atoms in total. The fourth-order valence-electron chi connectivity index (χ4n) is 4.07. The average Bonchev–Trinajstić information content (AvgIpc) is 3.31. The minimum absolute atomic E-state index is 0.0732. The van der Waals surface area contributed by atoms with Gasteiger partial charge in [-0.1, -0.05) is 48.0 Å². The number of hydrogen-bond donors (Lipinski definition) is 2. The molecular formula is C24H23Cl2N5O4S. The molecule has 0 bridgehead atoms. The van der Waals surface area contributed by atoms with Crippen molar-refractivity contribution < 1.29 is 18.0 Å². The molecule has 2 heterocycles. The Bertz CT molecular complexity index is 1440. The highest BCUT2D eigenvalue weighted by Crippen LogP contribution is 2.31. The zero-order chi connectivity index (χ0) is 26.0. The van der Waals surface area contributed by atoms with Gasteiger partial charge in [-0.2, -0.15) is 5.10 Å². The van der Waals surface area contributed by atoms with E-state index >= 15 is 0 Å². The second-order valence-electron chi connectivity index (χ2n) is 8.25. The van der Waals surface area contributed by atoms with E-state index in [4.69, 9.17) is 28.9 Å². The van der Waals surface area contributed by atoms with Gasteiger partial charge >= 0.3 is 0 Å². The number of hydrogen-bond acceptors (Lipinski definition) is 5. The number of primary amides is 1. The Morgan fingerprint density at radius 2 is 1.89 bits per heavy atom. The van der Waals surface area contributed by atoms with Crippen molar-refractivity contribution in [3.8, 4) is 11.3 Å². The number of carbonyl (C=O) groups is 2. The van der Waals surface area contributed by atoms with E-state index in [1.807, 2.05) is 0 Å². The van der Waals surface area contributed by atoms with E-state index in [0.717, 1.165) is 12.8 Å². The van der Waals surface area contributed by atoms with E-state index < -0.39 is 15.9 Å². The van der Waals surface area contributed by atoms with Gasteiger partial charge in [0.05, 0.1) is 21.7 Å².